The minimum absolute atomic E-state index is 0.110. The number of nitrogens with zero attached hydrogens (tertiary/aromatic N) is 1. The number of benzene rings is 1. The zero-order valence-electron chi connectivity index (χ0n) is 10.8. The Morgan fingerprint density at radius 2 is 2.24 bits per heavy atom. The van der Waals surface area contributed by atoms with Gasteiger partial charge in [-0.3, -0.25) is 0 Å². The molecule has 0 spiro atoms. The molecule has 1 unspecified atom stereocenters. The fourth-order valence-corrected chi connectivity index (χ4v) is 3.26. The summed E-state index contributed by atoms with van der Waals surface area (Å²) in [4.78, 5) is 11.8. The Labute approximate surface area is 125 Å². The van der Waals surface area contributed by atoms with Crippen molar-refractivity contribution in [2.75, 3.05) is 13.1 Å². The van der Waals surface area contributed by atoms with Gasteiger partial charge in [-0.2, -0.15) is 0 Å². The average Bonchev–Trinajstić information content (AvgIpc) is 2.83. The predicted molar refractivity (Wildman–Crippen MR) is 72.2 cm³/mol. The van der Waals surface area contributed by atoms with E-state index in [2.05, 4.69) is 0 Å². The molecule has 2 rings (SSSR count). The van der Waals surface area contributed by atoms with Crippen LogP contribution in [0.2, 0.25) is 0 Å². The van der Waals surface area contributed by atoms with Crippen molar-refractivity contribution in [2.45, 2.75) is 24.0 Å². The van der Waals surface area contributed by atoms with Crippen molar-refractivity contribution in [3.05, 3.63) is 29.6 Å². The van der Waals surface area contributed by atoms with E-state index in [0.717, 1.165) is 18.2 Å². The number of ether oxygens (including phenoxy) is 1. The highest BCUT2D eigenvalue weighted by molar-refractivity contribution is 8.13. The van der Waals surface area contributed by atoms with Gasteiger partial charge in [0, 0.05) is 22.8 Å². The molecule has 1 fully saturated rings. The molecule has 1 atom stereocenters. The number of likely N-dealkylation sites (tertiary alicyclic amines) is 1. The van der Waals surface area contributed by atoms with Crippen LogP contribution in [0.5, 0.6) is 0 Å². The maximum atomic E-state index is 13.2. The molecule has 0 radical (unpaired) electrons. The van der Waals surface area contributed by atoms with Crippen molar-refractivity contribution >= 4 is 25.8 Å². The average molecular weight is 338 g/mol. The molecule has 21 heavy (non-hydrogen) atoms. The second-order valence-electron chi connectivity index (χ2n) is 4.64. The zero-order valence-corrected chi connectivity index (χ0v) is 12.4. The van der Waals surface area contributed by atoms with E-state index in [1.54, 1.807) is 0 Å². The Hall–Kier alpha value is -1.38. The maximum absolute atomic E-state index is 13.2. The highest BCUT2D eigenvalue weighted by Gasteiger charge is 2.27. The van der Waals surface area contributed by atoms with Gasteiger partial charge in [0.05, 0.1) is 24.2 Å². The van der Waals surface area contributed by atoms with E-state index in [-0.39, 0.29) is 29.7 Å². The molecule has 1 aliphatic rings. The fourth-order valence-electron chi connectivity index (χ4n) is 2.14. The Morgan fingerprint density at radius 3 is 2.81 bits per heavy atom. The van der Waals surface area contributed by atoms with E-state index in [9.17, 15) is 17.6 Å². The van der Waals surface area contributed by atoms with Crippen LogP contribution in [0.4, 0.5) is 9.18 Å². The summed E-state index contributed by atoms with van der Waals surface area (Å²) in [5.74, 6) is -0.601. The van der Waals surface area contributed by atoms with E-state index >= 15 is 0 Å². The standard InChI is InChI=1S/C12H13ClFNO5S/c13-21(18,19)11-2-1-9(14)5-8(11)7-20-10-3-4-15(6-10)12(16)17/h1-2,5,10H,3-4,6-7H2,(H,16,17). The molecule has 1 heterocycles. The molecule has 1 amide bonds. The van der Waals surface area contributed by atoms with E-state index in [1.165, 1.54) is 4.90 Å². The van der Waals surface area contributed by atoms with Crippen LogP contribution in [0, 0.1) is 5.82 Å². The first-order chi connectivity index (χ1) is 9.77. The highest BCUT2D eigenvalue weighted by Crippen LogP contribution is 2.23. The Kier molecular flexibility index (Phi) is 4.70. The number of amides is 1. The second-order valence-corrected chi connectivity index (χ2v) is 7.17. The van der Waals surface area contributed by atoms with Crippen LogP contribution >= 0.6 is 10.7 Å². The van der Waals surface area contributed by atoms with Crippen LogP contribution < -0.4 is 0 Å². The van der Waals surface area contributed by atoms with Crippen molar-refractivity contribution in [2.24, 2.45) is 0 Å². The van der Waals surface area contributed by atoms with Crippen LogP contribution in [0.15, 0.2) is 23.1 Å². The van der Waals surface area contributed by atoms with Gasteiger partial charge >= 0.3 is 6.09 Å². The van der Waals surface area contributed by atoms with Crippen molar-refractivity contribution in [3.63, 3.8) is 0 Å². The Morgan fingerprint density at radius 1 is 1.52 bits per heavy atom. The van der Waals surface area contributed by atoms with Gasteiger partial charge in [0.15, 0.2) is 0 Å². The van der Waals surface area contributed by atoms with Gasteiger partial charge in [-0.05, 0) is 24.6 Å². The highest BCUT2D eigenvalue weighted by atomic mass is 35.7. The van der Waals surface area contributed by atoms with Gasteiger partial charge in [0.25, 0.3) is 9.05 Å². The lowest BCUT2D eigenvalue weighted by molar-refractivity contribution is 0.0453. The molecule has 1 saturated heterocycles. The molecule has 6 nitrogen and oxygen atoms in total. The first kappa shape index (κ1) is 16.0. The number of rotatable bonds is 4. The maximum Gasteiger partial charge on any atom is 0.407 e. The van der Waals surface area contributed by atoms with E-state index in [0.29, 0.717) is 13.0 Å². The lowest BCUT2D eigenvalue weighted by Gasteiger charge is -2.14. The summed E-state index contributed by atoms with van der Waals surface area (Å²) in [5, 5.41) is 8.83. The molecule has 1 aliphatic heterocycles. The van der Waals surface area contributed by atoms with E-state index < -0.39 is 21.0 Å². The minimum Gasteiger partial charge on any atom is -0.465 e. The first-order valence-electron chi connectivity index (χ1n) is 6.10. The minimum atomic E-state index is -4.00. The Balaban J connectivity index is 2.07. The van der Waals surface area contributed by atoms with Gasteiger partial charge in [-0.15, -0.1) is 0 Å². The summed E-state index contributed by atoms with van der Waals surface area (Å²) in [5.41, 5.74) is 0.110. The third-order valence-corrected chi connectivity index (χ3v) is 4.60. The molecular weight excluding hydrogens is 325 g/mol. The molecule has 9 heteroatoms. The van der Waals surface area contributed by atoms with Crippen LogP contribution in [0.3, 0.4) is 0 Å². The SMILES string of the molecule is O=C(O)N1CCC(OCc2cc(F)ccc2S(=O)(=O)Cl)C1. The smallest absolute Gasteiger partial charge is 0.407 e. The lowest BCUT2D eigenvalue weighted by Crippen LogP contribution is -2.28. The zero-order chi connectivity index (χ0) is 15.6. The topological polar surface area (TPSA) is 83.9 Å². The lowest BCUT2D eigenvalue weighted by atomic mass is 10.2. The third kappa shape index (κ3) is 4.05. The summed E-state index contributed by atoms with van der Waals surface area (Å²) in [7, 11) is 1.29. The quantitative estimate of drug-likeness (QED) is 0.850. The monoisotopic (exact) mass is 337 g/mol. The van der Waals surface area contributed by atoms with Crippen LogP contribution in [-0.4, -0.2) is 43.7 Å². The summed E-state index contributed by atoms with van der Waals surface area (Å²) in [6, 6.07) is 3.12. The summed E-state index contributed by atoms with van der Waals surface area (Å²) in [6.07, 6.45) is -0.879. The van der Waals surface area contributed by atoms with Crippen LogP contribution in [0.1, 0.15) is 12.0 Å². The van der Waals surface area contributed by atoms with Crippen molar-refractivity contribution in [1.29, 1.82) is 0 Å². The van der Waals surface area contributed by atoms with Gasteiger partial charge in [-0.25, -0.2) is 17.6 Å². The number of halogens is 2. The van der Waals surface area contributed by atoms with Crippen molar-refractivity contribution in [3.8, 4) is 0 Å². The van der Waals surface area contributed by atoms with Gasteiger partial charge in [-0.1, -0.05) is 0 Å². The van der Waals surface area contributed by atoms with E-state index in [1.807, 2.05) is 0 Å². The van der Waals surface area contributed by atoms with Crippen LogP contribution in [-0.2, 0) is 20.4 Å². The van der Waals surface area contributed by atoms with Gasteiger partial charge in [0.2, 0.25) is 0 Å². The molecule has 1 aromatic carbocycles. The second kappa shape index (κ2) is 6.17. The normalized spacial score (nSPS) is 19.0. The van der Waals surface area contributed by atoms with Gasteiger partial charge in [0.1, 0.15) is 5.82 Å². The predicted octanol–water partition coefficient (Wildman–Crippen LogP) is 2.02. The van der Waals surface area contributed by atoms with Crippen molar-refractivity contribution in [1.82, 2.24) is 4.90 Å². The molecular formula is C12H13ClFNO5S. The molecule has 1 aromatic rings. The number of carboxylic acid groups (broad SMARTS) is 1. The molecule has 0 bridgehead atoms. The number of hydrogen-bond acceptors (Lipinski definition) is 4. The Bertz CT molecular complexity index is 651. The molecule has 0 aromatic heterocycles. The summed E-state index contributed by atoms with van der Waals surface area (Å²) >= 11 is 0. The van der Waals surface area contributed by atoms with Crippen molar-refractivity contribution < 1.29 is 27.4 Å². The fraction of sp³-hybridized carbons (Fsp3) is 0.417. The van der Waals surface area contributed by atoms with E-state index in [4.69, 9.17) is 20.5 Å². The first-order valence-corrected chi connectivity index (χ1v) is 8.41. The summed E-state index contributed by atoms with van der Waals surface area (Å²) < 4.78 is 41.5. The number of hydrogen-bond donors (Lipinski definition) is 1. The largest absolute Gasteiger partial charge is 0.465 e. The molecule has 1 N–H and O–H groups in total. The molecule has 0 aliphatic carbocycles. The summed E-state index contributed by atoms with van der Waals surface area (Å²) in [6.45, 7) is 0.397. The van der Waals surface area contributed by atoms with Gasteiger partial charge < -0.3 is 14.7 Å². The molecule has 116 valence electrons. The van der Waals surface area contributed by atoms with Crippen LogP contribution in [0.25, 0.3) is 0 Å². The number of carbonyl (C=O) groups is 1. The molecule has 0 saturated carbocycles. The third-order valence-electron chi connectivity index (χ3n) is 3.18.